The molecular weight excluding hydrogens is 1050 g/mol. The second kappa shape index (κ2) is 163. The molecule has 0 bridgehead atoms. The summed E-state index contributed by atoms with van der Waals surface area (Å²) in [5.41, 5.74) is 0. The molecule has 0 aromatic rings. The third-order valence-corrected chi connectivity index (χ3v) is 0. The van der Waals surface area contributed by atoms with Crippen LogP contribution in [-0.2, 0) is 134 Å². The average Bonchev–Trinajstić information content (AvgIpc) is 2.20. The standard InChI is InChI=1S/3Fe.3Mg.3Mn.7O3Si.7H2O/c;;;;;;;;;7*1-4(2)3;;;;;;;/h;;;;;;;;;;;;;;;;7*1H2/q3*+3;6*+2;7*-2;;;;;;;/p-7. The predicted molar refractivity (Wildman–Crippen MR) is 75.9 cm³/mol. The van der Waals surface area contributed by atoms with Crippen LogP contribution in [0.4, 0.5) is 0 Å². The van der Waals surface area contributed by atoms with Crippen LogP contribution in [0.25, 0.3) is 0 Å². The van der Waals surface area contributed by atoms with E-state index in [4.69, 9.17) is 98.4 Å². The number of rotatable bonds is 0. The summed E-state index contributed by atoms with van der Waals surface area (Å²) in [6.07, 6.45) is 0. The van der Waals surface area contributed by atoms with Gasteiger partial charge in [-0.2, -0.15) is 0 Å². The first-order chi connectivity index (χ1) is 12.1. The van der Waals surface area contributed by atoms with E-state index in [2.05, 4.69) is 0 Å². The molecule has 0 aliphatic heterocycles. The van der Waals surface area contributed by atoms with Gasteiger partial charge in [-0.05, 0) is 0 Å². The quantitative estimate of drug-likeness (QED) is 0.203. The molecule has 0 heterocycles. The molecule has 0 unspecified atom stereocenters. The topological polar surface area (TPSA) is 652 Å². The summed E-state index contributed by atoms with van der Waals surface area (Å²) in [6.45, 7) is 0. The third kappa shape index (κ3) is 13900. The Hall–Kier alpha value is 2.45. The van der Waals surface area contributed by atoms with Crippen molar-refractivity contribution in [2.45, 2.75) is 0 Å². The molecule has 0 aromatic carbocycles. The van der Waals surface area contributed by atoms with Crippen LogP contribution >= 0.6 is 0 Å². The van der Waals surface area contributed by atoms with Crippen molar-refractivity contribution in [1.82, 2.24) is 0 Å². The Kier molecular flexibility index (Phi) is 648. The van der Waals surface area contributed by atoms with Crippen LogP contribution in [0.5, 0.6) is 0 Å². The van der Waals surface area contributed by atoms with E-state index in [9.17, 15) is 0 Å². The SMILES string of the molecule is O=[Si]([O-])[O-].O=[Si]([O-])[O-].O=[Si]([O-])[O-].O=[Si]([O-])[O-].O=[Si]([O-])[O-].O=[Si]([O-])[O-].O=[Si]([O-])[O-].[Fe+3].[Fe+3].[Fe+3].[Mg+2].[Mg+2].[Mg+2].[Mn+2].[Mn+2].[Mn+2].[OH-].[OH-].[OH-].[OH-].[OH-].[OH-].[OH-]. The molecule has 44 heteroatoms. The second-order valence-corrected chi connectivity index (χ2v) is 5.25. The maximum Gasteiger partial charge on any atom is 3.00 e. The normalized spacial score (nSPS) is 3.82. The van der Waals surface area contributed by atoms with Gasteiger partial charge >= 0.3 is 172 Å². The largest absolute Gasteiger partial charge is 3.00 e. The molecule has 0 fully saturated rings. The molecule has 0 aliphatic carbocycles. The minimum absolute atomic E-state index is 0. The Balaban J connectivity index is -0.00000000525. The van der Waals surface area contributed by atoms with Crippen molar-refractivity contribution >= 4 is 133 Å². The third-order valence-electron chi connectivity index (χ3n) is 0. The fraction of sp³-hybridized carbons (Fsp3) is 0. The molecular formula is H7Fe3Mg3Mn3O28Si7. The van der Waals surface area contributed by atoms with Crippen LogP contribution in [0.15, 0.2) is 0 Å². The molecule has 6 radical (unpaired) electrons. The van der Waals surface area contributed by atoms with Gasteiger partial charge in [0.1, 0.15) is 0 Å². The van der Waals surface area contributed by atoms with Gasteiger partial charge in [0.2, 0.25) is 0 Å². The van der Waals surface area contributed by atoms with Crippen LogP contribution in [-0.4, -0.2) is 172 Å². The van der Waals surface area contributed by atoms with Gasteiger partial charge in [0, 0.05) is 64.2 Å². The molecule has 0 aliphatic rings. The van der Waals surface area contributed by atoms with Crippen LogP contribution in [0.1, 0.15) is 0 Å². The van der Waals surface area contributed by atoms with Gasteiger partial charge in [-0.1, -0.05) is 0 Å². The van der Waals surface area contributed by atoms with Crippen molar-refractivity contribution < 1.29 is 239 Å². The van der Waals surface area contributed by atoms with Gasteiger partial charge < -0.3 is 137 Å². The number of hydrogen-bond donors (Lipinski definition) is 0. The fourth-order valence-electron chi connectivity index (χ4n) is 0. The van der Waals surface area contributed by atoms with E-state index < -0.39 is 64.2 Å². The summed E-state index contributed by atoms with van der Waals surface area (Å²) < 4.78 is 59.6. The molecule has 0 rings (SSSR count). The molecule has 254 valence electrons. The van der Waals surface area contributed by atoms with Crippen LogP contribution in [0, 0.1) is 0 Å². The predicted octanol–water partition coefficient (Wildman–Crippen LogP) is -22.5. The molecule has 0 saturated carbocycles. The Morgan fingerprint density at radius 1 is 0.227 bits per heavy atom. The van der Waals surface area contributed by atoms with E-state index in [0.717, 1.165) is 0 Å². The monoisotopic (exact) mass is 1060 g/mol. The Bertz CT molecular complexity index is 351. The van der Waals surface area contributed by atoms with Gasteiger partial charge in [-0.15, -0.1) is 0 Å². The molecule has 0 saturated heterocycles. The van der Waals surface area contributed by atoms with Gasteiger partial charge in [-0.3, -0.25) is 0 Å². The van der Waals surface area contributed by atoms with E-state index in [1.807, 2.05) is 0 Å². The average molecular weight is 1060 g/mol. The first-order valence-electron chi connectivity index (χ1n) is 4.29. The van der Waals surface area contributed by atoms with Crippen LogP contribution in [0.2, 0.25) is 0 Å². The Morgan fingerprint density at radius 2 is 0.227 bits per heavy atom. The molecule has 28 nitrogen and oxygen atoms in total. The fourth-order valence-corrected chi connectivity index (χ4v) is 0. The maximum absolute atomic E-state index is 8.52. The Labute approximate surface area is 367 Å². The van der Waals surface area contributed by atoms with E-state index in [1.54, 1.807) is 0 Å². The smallest absolute Gasteiger partial charge is 0.870 e. The number of hydrogen-bond acceptors (Lipinski definition) is 28. The molecule has 0 spiro atoms. The van der Waals surface area contributed by atoms with Crippen molar-refractivity contribution in [3.63, 3.8) is 0 Å². The second-order valence-electron chi connectivity index (χ2n) is 1.75. The molecule has 7 N–H and O–H groups in total. The molecule has 0 amide bonds. The van der Waals surface area contributed by atoms with Crippen LogP contribution < -0.4 is 67.1 Å². The van der Waals surface area contributed by atoms with Gasteiger partial charge in [0.25, 0.3) is 0 Å². The summed E-state index contributed by atoms with van der Waals surface area (Å²) in [4.78, 5) is 119. The van der Waals surface area contributed by atoms with Crippen molar-refractivity contribution in [2.75, 3.05) is 0 Å². The summed E-state index contributed by atoms with van der Waals surface area (Å²) in [6, 6.07) is 0. The molecule has 44 heavy (non-hydrogen) atoms. The zero-order valence-electron chi connectivity index (χ0n) is 19.5. The summed E-state index contributed by atoms with van der Waals surface area (Å²) in [7, 11) is -25.4. The molecule has 0 aromatic heterocycles. The Morgan fingerprint density at radius 3 is 0.227 bits per heavy atom. The van der Waals surface area contributed by atoms with Gasteiger partial charge in [-0.25, -0.2) is 0 Å². The van der Waals surface area contributed by atoms with E-state index in [1.165, 1.54) is 0 Å². The van der Waals surface area contributed by atoms with Crippen molar-refractivity contribution in [1.29, 1.82) is 0 Å². The zero-order valence-corrected chi connectivity index (χ0v) is 37.6. The van der Waals surface area contributed by atoms with Crippen molar-refractivity contribution in [2.24, 2.45) is 0 Å². The van der Waals surface area contributed by atoms with E-state index in [-0.39, 0.29) is 210 Å². The minimum Gasteiger partial charge on any atom is -0.870 e. The summed E-state index contributed by atoms with van der Waals surface area (Å²) >= 11 is 0. The van der Waals surface area contributed by atoms with Gasteiger partial charge in [0.15, 0.2) is 0 Å². The molecule has 0 atom stereocenters. The first kappa shape index (κ1) is 174. The van der Waals surface area contributed by atoms with E-state index in [0.29, 0.717) is 0 Å². The maximum atomic E-state index is 8.52. The first-order valence-corrected chi connectivity index (χ1v) is 12.9. The van der Waals surface area contributed by atoms with Gasteiger partial charge in [0.05, 0.1) is 0 Å². The van der Waals surface area contributed by atoms with Crippen molar-refractivity contribution in [3.05, 3.63) is 0 Å². The zero-order chi connectivity index (χ0) is 25.0. The van der Waals surface area contributed by atoms with E-state index >= 15 is 0 Å². The summed E-state index contributed by atoms with van der Waals surface area (Å²) in [5, 5.41) is 0. The summed E-state index contributed by atoms with van der Waals surface area (Å²) in [5.74, 6) is 0. The van der Waals surface area contributed by atoms with Crippen LogP contribution in [0.3, 0.4) is 0 Å². The minimum atomic E-state index is -3.63. The van der Waals surface area contributed by atoms with Crippen molar-refractivity contribution in [3.8, 4) is 0 Å².